The monoisotopic (exact) mass is 190 g/mol. The summed E-state index contributed by atoms with van der Waals surface area (Å²) in [6.45, 7) is 0. The van der Waals surface area contributed by atoms with Crippen LogP contribution < -0.4 is 5.32 Å². The van der Waals surface area contributed by atoms with Crippen molar-refractivity contribution in [3.8, 4) is 6.07 Å². The van der Waals surface area contributed by atoms with Gasteiger partial charge in [0.05, 0.1) is 17.8 Å². The van der Waals surface area contributed by atoms with Gasteiger partial charge in [0.1, 0.15) is 6.07 Å². The fraction of sp³-hybridized carbons (Fsp3) is 0.600. The molecule has 4 nitrogen and oxygen atoms in total. The molecule has 14 heavy (non-hydrogen) atoms. The Morgan fingerprint density at radius 3 is 3.14 bits per heavy atom. The molecule has 1 aliphatic rings. The average Bonchev–Trinajstić information content (AvgIpc) is 2.85. The van der Waals surface area contributed by atoms with Gasteiger partial charge in [-0.1, -0.05) is 0 Å². The van der Waals surface area contributed by atoms with Gasteiger partial charge in [0.25, 0.3) is 0 Å². The van der Waals surface area contributed by atoms with Crippen molar-refractivity contribution in [1.82, 2.24) is 15.1 Å². The highest BCUT2D eigenvalue weighted by atomic mass is 15.3. The van der Waals surface area contributed by atoms with E-state index in [2.05, 4.69) is 16.5 Å². The number of hydrogen-bond donors (Lipinski definition) is 1. The fourth-order valence-corrected chi connectivity index (χ4v) is 2.17. The van der Waals surface area contributed by atoms with Crippen molar-refractivity contribution in [3.05, 3.63) is 18.0 Å². The lowest BCUT2D eigenvalue weighted by Crippen LogP contribution is -2.31. The Labute approximate surface area is 83.5 Å². The average molecular weight is 190 g/mol. The van der Waals surface area contributed by atoms with Gasteiger partial charge in [0.15, 0.2) is 0 Å². The normalized spacial score (nSPS) is 26.3. The highest BCUT2D eigenvalue weighted by Crippen LogP contribution is 2.29. The molecule has 1 aliphatic carbocycles. The lowest BCUT2D eigenvalue weighted by molar-refractivity contribution is 0.383. The van der Waals surface area contributed by atoms with E-state index in [1.807, 2.05) is 17.9 Å². The van der Waals surface area contributed by atoms with Crippen LogP contribution in [0.25, 0.3) is 0 Å². The molecule has 1 N–H and O–H groups in total. The van der Waals surface area contributed by atoms with E-state index >= 15 is 0 Å². The van der Waals surface area contributed by atoms with E-state index in [9.17, 15) is 0 Å². The summed E-state index contributed by atoms with van der Waals surface area (Å²) in [6, 6.07) is 3.02. The van der Waals surface area contributed by atoms with Crippen LogP contribution in [0.5, 0.6) is 0 Å². The maximum atomic E-state index is 8.70. The van der Waals surface area contributed by atoms with Crippen molar-refractivity contribution in [3.63, 3.8) is 0 Å². The number of rotatable bonds is 2. The lowest BCUT2D eigenvalue weighted by atomic mass is 10.2. The molecule has 4 heteroatoms. The van der Waals surface area contributed by atoms with E-state index < -0.39 is 0 Å². The molecule has 2 rings (SSSR count). The third-order valence-corrected chi connectivity index (χ3v) is 2.92. The number of aromatic nitrogens is 2. The second kappa shape index (κ2) is 3.81. The first-order valence-electron chi connectivity index (χ1n) is 4.96. The van der Waals surface area contributed by atoms with Crippen molar-refractivity contribution in [2.45, 2.75) is 31.3 Å². The minimum atomic E-state index is 0.419. The van der Waals surface area contributed by atoms with E-state index in [-0.39, 0.29) is 0 Å². The van der Waals surface area contributed by atoms with Crippen molar-refractivity contribution < 1.29 is 0 Å². The van der Waals surface area contributed by atoms with Gasteiger partial charge in [-0.3, -0.25) is 4.68 Å². The third-order valence-electron chi connectivity index (χ3n) is 2.92. The van der Waals surface area contributed by atoms with Crippen LogP contribution in [0.2, 0.25) is 0 Å². The fourth-order valence-electron chi connectivity index (χ4n) is 2.17. The molecule has 2 atom stereocenters. The largest absolute Gasteiger partial charge is 0.315 e. The van der Waals surface area contributed by atoms with Gasteiger partial charge in [0, 0.05) is 12.2 Å². The van der Waals surface area contributed by atoms with E-state index in [0.29, 0.717) is 17.6 Å². The maximum Gasteiger partial charge on any atom is 0.102 e. The zero-order valence-electron chi connectivity index (χ0n) is 8.27. The molecule has 0 aliphatic heterocycles. The molecule has 0 spiro atoms. The van der Waals surface area contributed by atoms with Gasteiger partial charge in [-0.2, -0.15) is 10.4 Å². The highest BCUT2D eigenvalue weighted by molar-refractivity contribution is 5.22. The zero-order valence-corrected chi connectivity index (χ0v) is 8.27. The quantitative estimate of drug-likeness (QED) is 0.759. The summed E-state index contributed by atoms with van der Waals surface area (Å²) in [6.07, 6.45) is 7.05. The number of nitrogens with zero attached hydrogens (tertiary/aromatic N) is 3. The smallest absolute Gasteiger partial charge is 0.102 e. The van der Waals surface area contributed by atoms with Crippen molar-refractivity contribution in [2.75, 3.05) is 7.05 Å². The predicted octanol–water partition coefficient (Wildman–Crippen LogP) is 1.07. The van der Waals surface area contributed by atoms with Crippen LogP contribution >= 0.6 is 0 Å². The summed E-state index contributed by atoms with van der Waals surface area (Å²) in [7, 11) is 1.98. The first kappa shape index (κ1) is 9.22. The van der Waals surface area contributed by atoms with Crippen LogP contribution in [0.3, 0.4) is 0 Å². The van der Waals surface area contributed by atoms with Gasteiger partial charge in [-0.15, -0.1) is 0 Å². The van der Waals surface area contributed by atoms with Crippen LogP contribution in [-0.2, 0) is 0 Å². The first-order chi connectivity index (χ1) is 6.85. The van der Waals surface area contributed by atoms with Gasteiger partial charge < -0.3 is 5.32 Å². The maximum absolute atomic E-state index is 8.70. The lowest BCUT2D eigenvalue weighted by Gasteiger charge is -2.18. The Balaban J connectivity index is 2.18. The van der Waals surface area contributed by atoms with Crippen LogP contribution in [0, 0.1) is 11.3 Å². The molecular formula is C10H14N4. The van der Waals surface area contributed by atoms with E-state index in [1.54, 1.807) is 6.20 Å². The molecule has 0 bridgehead atoms. The second-order valence-corrected chi connectivity index (χ2v) is 3.71. The summed E-state index contributed by atoms with van der Waals surface area (Å²) in [5.74, 6) is 0. The number of hydrogen-bond acceptors (Lipinski definition) is 3. The molecule has 2 unspecified atom stereocenters. The molecule has 1 heterocycles. The van der Waals surface area contributed by atoms with Crippen molar-refractivity contribution in [2.24, 2.45) is 0 Å². The molecule has 1 fully saturated rings. The molecule has 0 aromatic carbocycles. The topological polar surface area (TPSA) is 53.6 Å². The van der Waals surface area contributed by atoms with Crippen molar-refractivity contribution in [1.29, 1.82) is 5.26 Å². The Kier molecular flexibility index (Phi) is 2.51. The number of nitriles is 1. The Hall–Kier alpha value is -1.34. The molecule has 0 radical (unpaired) electrons. The SMILES string of the molecule is CNC1CCCC1n1cc(C#N)cn1. The predicted molar refractivity (Wildman–Crippen MR) is 52.7 cm³/mol. The summed E-state index contributed by atoms with van der Waals surface area (Å²) >= 11 is 0. The Morgan fingerprint density at radius 2 is 2.50 bits per heavy atom. The summed E-state index contributed by atoms with van der Waals surface area (Å²) in [5, 5.41) is 16.2. The van der Waals surface area contributed by atoms with Gasteiger partial charge >= 0.3 is 0 Å². The standard InChI is InChI=1S/C10H14N4/c1-12-9-3-2-4-10(9)14-7-8(5-11)6-13-14/h6-7,9-10,12H,2-4H2,1H3. The summed E-state index contributed by atoms with van der Waals surface area (Å²) in [4.78, 5) is 0. The Bertz CT molecular complexity index is 349. The Morgan fingerprint density at radius 1 is 1.64 bits per heavy atom. The number of likely N-dealkylation sites (N-methyl/N-ethyl adjacent to an activating group) is 1. The number of nitrogens with one attached hydrogen (secondary N) is 1. The molecule has 0 amide bonds. The van der Waals surface area contributed by atoms with E-state index in [0.717, 1.165) is 6.42 Å². The third kappa shape index (κ3) is 1.51. The van der Waals surface area contributed by atoms with Crippen molar-refractivity contribution >= 4 is 0 Å². The molecule has 1 aromatic heterocycles. The van der Waals surface area contributed by atoms with Crippen LogP contribution in [0.15, 0.2) is 12.4 Å². The summed E-state index contributed by atoms with van der Waals surface area (Å²) in [5.41, 5.74) is 0.645. The van der Waals surface area contributed by atoms with Crippen LogP contribution in [-0.4, -0.2) is 22.9 Å². The van der Waals surface area contributed by atoms with E-state index in [4.69, 9.17) is 5.26 Å². The molecular weight excluding hydrogens is 176 g/mol. The first-order valence-corrected chi connectivity index (χ1v) is 4.96. The molecule has 0 saturated heterocycles. The zero-order chi connectivity index (χ0) is 9.97. The molecule has 1 aromatic rings. The minimum absolute atomic E-state index is 0.419. The summed E-state index contributed by atoms with van der Waals surface area (Å²) < 4.78 is 1.92. The molecule has 74 valence electrons. The van der Waals surface area contributed by atoms with Crippen LogP contribution in [0.4, 0.5) is 0 Å². The van der Waals surface area contributed by atoms with Gasteiger partial charge in [0.2, 0.25) is 0 Å². The highest BCUT2D eigenvalue weighted by Gasteiger charge is 2.27. The van der Waals surface area contributed by atoms with Gasteiger partial charge in [-0.25, -0.2) is 0 Å². The second-order valence-electron chi connectivity index (χ2n) is 3.71. The van der Waals surface area contributed by atoms with E-state index in [1.165, 1.54) is 12.8 Å². The van der Waals surface area contributed by atoms with Crippen LogP contribution in [0.1, 0.15) is 30.9 Å². The van der Waals surface area contributed by atoms with Gasteiger partial charge in [-0.05, 0) is 26.3 Å². The molecule has 1 saturated carbocycles. The minimum Gasteiger partial charge on any atom is -0.315 e.